The number of hydrogen-bond acceptors (Lipinski definition) is 5. The molecule has 9 heteroatoms. The van der Waals surface area contributed by atoms with Crippen LogP contribution in [-0.4, -0.2) is 64.4 Å². The van der Waals surface area contributed by atoms with E-state index in [1.165, 1.54) is 10.9 Å². The Kier molecular flexibility index (Phi) is 6.65. The quantitative estimate of drug-likeness (QED) is 0.575. The van der Waals surface area contributed by atoms with Crippen molar-refractivity contribution < 1.29 is 9.59 Å². The molecule has 0 bridgehead atoms. The van der Waals surface area contributed by atoms with Crippen molar-refractivity contribution in [2.24, 2.45) is 0 Å². The third-order valence-electron chi connectivity index (χ3n) is 5.96. The summed E-state index contributed by atoms with van der Waals surface area (Å²) in [5, 5.41) is 1.11. The van der Waals surface area contributed by atoms with Crippen LogP contribution >= 0.6 is 11.6 Å². The summed E-state index contributed by atoms with van der Waals surface area (Å²) in [5.41, 5.74) is 2.20. The van der Waals surface area contributed by atoms with Crippen molar-refractivity contribution in [1.82, 2.24) is 19.4 Å². The van der Waals surface area contributed by atoms with E-state index in [2.05, 4.69) is 9.88 Å². The summed E-state index contributed by atoms with van der Waals surface area (Å²) in [7, 11) is 1.70. The molecule has 172 valence electrons. The molecule has 0 atom stereocenters. The summed E-state index contributed by atoms with van der Waals surface area (Å²) in [4.78, 5) is 47.4. The van der Waals surface area contributed by atoms with Gasteiger partial charge in [-0.05, 0) is 35.9 Å². The Bertz CT molecular complexity index is 1230. The van der Waals surface area contributed by atoms with Crippen LogP contribution in [0, 0.1) is 0 Å². The van der Waals surface area contributed by atoms with Gasteiger partial charge >= 0.3 is 0 Å². The molecule has 33 heavy (non-hydrogen) atoms. The molecule has 2 amide bonds. The van der Waals surface area contributed by atoms with E-state index in [9.17, 15) is 14.4 Å². The van der Waals surface area contributed by atoms with Crippen molar-refractivity contribution in [3.05, 3.63) is 69.7 Å². The van der Waals surface area contributed by atoms with Gasteiger partial charge in [-0.25, -0.2) is 4.98 Å². The van der Waals surface area contributed by atoms with Crippen LogP contribution in [0.2, 0.25) is 5.02 Å². The summed E-state index contributed by atoms with van der Waals surface area (Å²) in [5.74, 6) is -0.115. The second-order valence-corrected chi connectivity index (χ2v) is 8.68. The number of anilines is 1. The van der Waals surface area contributed by atoms with Crippen molar-refractivity contribution in [3.8, 4) is 0 Å². The number of piperazine rings is 1. The Morgan fingerprint density at radius 2 is 1.76 bits per heavy atom. The van der Waals surface area contributed by atoms with Gasteiger partial charge in [-0.2, -0.15) is 0 Å². The number of fused-ring (bicyclic) bond motifs is 1. The zero-order valence-corrected chi connectivity index (χ0v) is 19.5. The number of carbonyl (C=O) groups is 2. The largest absolute Gasteiger partial charge is 0.368 e. The maximum atomic E-state index is 13.1. The molecule has 8 nitrogen and oxygen atoms in total. The molecule has 0 saturated carbocycles. The van der Waals surface area contributed by atoms with Crippen LogP contribution in [0.25, 0.3) is 10.9 Å². The number of benzene rings is 2. The van der Waals surface area contributed by atoms with Gasteiger partial charge in [0.2, 0.25) is 11.8 Å². The van der Waals surface area contributed by atoms with Gasteiger partial charge < -0.3 is 14.7 Å². The summed E-state index contributed by atoms with van der Waals surface area (Å²) in [6.45, 7) is 4.61. The molecular formula is C24H26ClN5O3. The van der Waals surface area contributed by atoms with Gasteiger partial charge in [0.05, 0.1) is 17.2 Å². The third kappa shape index (κ3) is 5.17. The van der Waals surface area contributed by atoms with Crippen molar-refractivity contribution in [1.29, 1.82) is 0 Å². The molecule has 3 aromatic rings. The molecule has 1 aliphatic rings. The van der Waals surface area contributed by atoms with Crippen LogP contribution < -0.4 is 10.5 Å². The highest BCUT2D eigenvalue weighted by Crippen LogP contribution is 2.20. The lowest BCUT2D eigenvalue weighted by Crippen LogP contribution is -2.48. The first-order valence-corrected chi connectivity index (χ1v) is 11.2. The number of halogens is 1. The third-order valence-corrected chi connectivity index (χ3v) is 6.21. The van der Waals surface area contributed by atoms with E-state index < -0.39 is 0 Å². The average molecular weight is 468 g/mol. The highest BCUT2D eigenvalue weighted by Gasteiger charge is 2.20. The van der Waals surface area contributed by atoms with Crippen LogP contribution in [0.5, 0.6) is 0 Å². The number of carbonyl (C=O) groups excluding carboxylic acids is 2. The van der Waals surface area contributed by atoms with Gasteiger partial charge in [-0.1, -0.05) is 23.7 Å². The fraction of sp³-hybridized carbons (Fsp3) is 0.333. The summed E-state index contributed by atoms with van der Waals surface area (Å²) in [6.07, 6.45) is 1.42. The van der Waals surface area contributed by atoms with Gasteiger partial charge in [0.1, 0.15) is 6.54 Å². The lowest BCUT2D eigenvalue weighted by atomic mass is 10.2. The summed E-state index contributed by atoms with van der Waals surface area (Å²) >= 11 is 5.92. The second-order valence-electron chi connectivity index (χ2n) is 8.25. The molecule has 0 unspecified atom stereocenters. The minimum Gasteiger partial charge on any atom is -0.368 e. The number of amides is 2. The maximum absolute atomic E-state index is 13.1. The molecule has 4 rings (SSSR count). The van der Waals surface area contributed by atoms with Gasteiger partial charge in [0.15, 0.2) is 0 Å². The molecule has 1 aromatic heterocycles. The molecule has 2 heterocycles. The molecular weight excluding hydrogens is 442 g/mol. The highest BCUT2D eigenvalue weighted by atomic mass is 35.5. The molecule has 0 aliphatic carbocycles. The predicted molar refractivity (Wildman–Crippen MR) is 128 cm³/mol. The number of likely N-dealkylation sites (N-methyl/N-ethyl adjacent to an activating group) is 1. The summed E-state index contributed by atoms with van der Waals surface area (Å²) < 4.78 is 1.35. The number of hydrogen-bond donors (Lipinski definition) is 0. The first kappa shape index (κ1) is 22.8. The van der Waals surface area contributed by atoms with E-state index in [1.54, 1.807) is 31.0 Å². The molecule has 1 aliphatic heterocycles. The lowest BCUT2D eigenvalue weighted by molar-refractivity contribution is -0.131. The Morgan fingerprint density at radius 3 is 2.42 bits per heavy atom. The zero-order chi connectivity index (χ0) is 23.5. The molecule has 2 aromatic carbocycles. The average Bonchev–Trinajstić information content (AvgIpc) is 2.82. The van der Waals surface area contributed by atoms with E-state index in [0.29, 0.717) is 48.6 Å². The van der Waals surface area contributed by atoms with Crippen molar-refractivity contribution in [3.63, 3.8) is 0 Å². The van der Waals surface area contributed by atoms with E-state index in [4.69, 9.17) is 11.6 Å². The van der Waals surface area contributed by atoms with E-state index in [-0.39, 0.29) is 23.9 Å². The van der Waals surface area contributed by atoms with Crippen LogP contribution in [0.4, 0.5) is 5.69 Å². The van der Waals surface area contributed by atoms with Crippen molar-refractivity contribution in [2.45, 2.75) is 20.0 Å². The second kappa shape index (κ2) is 9.62. The molecule has 0 spiro atoms. The standard InChI is InChI=1S/C24H26ClN5O3/c1-17(31)28-9-11-29(12-10-28)20-7-8-22-21(13-20)24(33)30(16-26-22)15-23(32)27(2)14-18-3-5-19(25)6-4-18/h3-8,13,16H,9-12,14-15H2,1-2H3. The Morgan fingerprint density at radius 1 is 1.06 bits per heavy atom. The Hall–Kier alpha value is -3.39. The van der Waals surface area contributed by atoms with Gasteiger partial charge in [0.25, 0.3) is 5.56 Å². The number of rotatable bonds is 5. The van der Waals surface area contributed by atoms with Crippen LogP contribution in [-0.2, 0) is 22.7 Å². The maximum Gasteiger partial charge on any atom is 0.261 e. The molecule has 1 fully saturated rings. The predicted octanol–water partition coefficient (Wildman–Crippen LogP) is 2.38. The normalized spacial score (nSPS) is 13.9. The topological polar surface area (TPSA) is 78.8 Å². The van der Waals surface area contributed by atoms with Gasteiger partial charge in [-0.3, -0.25) is 19.0 Å². The van der Waals surface area contributed by atoms with Gasteiger partial charge in [-0.15, -0.1) is 0 Å². The molecule has 0 radical (unpaired) electrons. The molecule has 1 saturated heterocycles. The van der Waals surface area contributed by atoms with E-state index >= 15 is 0 Å². The van der Waals surface area contributed by atoms with Crippen molar-refractivity contribution >= 4 is 40.0 Å². The Balaban J connectivity index is 1.49. The first-order valence-electron chi connectivity index (χ1n) is 10.8. The first-order chi connectivity index (χ1) is 15.8. The fourth-order valence-corrected chi connectivity index (χ4v) is 4.08. The highest BCUT2D eigenvalue weighted by molar-refractivity contribution is 6.30. The number of aromatic nitrogens is 2. The minimum atomic E-state index is -0.252. The minimum absolute atomic E-state index is 0.0749. The van der Waals surface area contributed by atoms with Crippen LogP contribution in [0.15, 0.2) is 53.6 Å². The van der Waals surface area contributed by atoms with Crippen LogP contribution in [0.3, 0.4) is 0 Å². The van der Waals surface area contributed by atoms with Crippen molar-refractivity contribution in [2.75, 3.05) is 38.1 Å². The van der Waals surface area contributed by atoms with Gasteiger partial charge in [0, 0.05) is 57.4 Å². The number of nitrogens with zero attached hydrogens (tertiary/aromatic N) is 5. The summed E-state index contributed by atoms with van der Waals surface area (Å²) in [6, 6.07) is 12.9. The monoisotopic (exact) mass is 467 g/mol. The fourth-order valence-electron chi connectivity index (χ4n) is 3.95. The van der Waals surface area contributed by atoms with E-state index in [0.717, 1.165) is 11.3 Å². The smallest absolute Gasteiger partial charge is 0.261 e. The molecule has 0 N–H and O–H groups in total. The van der Waals surface area contributed by atoms with E-state index in [1.807, 2.05) is 35.2 Å². The Labute approximate surface area is 197 Å². The van der Waals surface area contributed by atoms with Crippen LogP contribution in [0.1, 0.15) is 12.5 Å². The zero-order valence-electron chi connectivity index (χ0n) is 18.7. The SMILES string of the molecule is CC(=O)N1CCN(c2ccc3ncn(CC(=O)N(C)Cc4ccc(Cl)cc4)c(=O)c3c2)CC1. The lowest BCUT2D eigenvalue weighted by Gasteiger charge is -2.35.